The number of nitrogens with one attached hydrogen (secondary N) is 1. The van der Waals surface area contributed by atoms with Crippen LogP contribution in [0.15, 0.2) is 28.9 Å². The van der Waals surface area contributed by atoms with E-state index in [2.05, 4.69) is 5.32 Å². The van der Waals surface area contributed by atoms with Crippen LogP contribution in [0.4, 0.5) is 0 Å². The van der Waals surface area contributed by atoms with Crippen LogP contribution in [0.5, 0.6) is 0 Å². The van der Waals surface area contributed by atoms with Gasteiger partial charge in [0, 0.05) is 43.5 Å². The van der Waals surface area contributed by atoms with Gasteiger partial charge in [-0.2, -0.15) is 0 Å². The number of fused-ring (bicyclic) bond motifs is 1. The lowest BCUT2D eigenvalue weighted by atomic mass is 9.94. The molecule has 0 radical (unpaired) electrons. The molecule has 22 heavy (non-hydrogen) atoms. The molecule has 2 N–H and O–H groups in total. The zero-order valence-corrected chi connectivity index (χ0v) is 12.7. The minimum Gasteiger partial charge on any atom is -0.464 e. The SMILES string of the molecule is Cc1ccc2c(CC(=O)NCC3(O)CCOCC3)coc2c1. The summed E-state index contributed by atoms with van der Waals surface area (Å²) in [4.78, 5) is 12.1. The number of hydrogen-bond donors (Lipinski definition) is 2. The average molecular weight is 303 g/mol. The average Bonchev–Trinajstić information content (AvgIpc) is 2.88. The Kier molecular flexibility index (Phi) is 4.18. The first kappa shape index (κ1) is 15.1. The fourth-order valence-corrected chi connectivity index (χ4v) is 2.75. The van der Waals surface area contributed by atoms with Crippen molar-refractivity contribution in [3.8, 4) is 0 Å². The van der Waals surface area contributed by atoms with Gasteiger partial charge in [-0.05, 0) is 18.6 Å². The zero-order valence-electron chi connectivity index (χ0n) is 12.7. The molecule has 118 valence electrons. The van der Waals surface area contributed by atoms with Crippen LogP contribution in [-0.4, -0.2) is 36.4 Å². The van der Waals surface area contributed by atoms with Gasteiger partial charge in [0.05, 0.1) is 18.3 Å². The Morgan fingerprint density at radius 3 is 2.91 bits per heavy atom. The maximum Gasteiger partial charge on any atom is 0.224 e. The topological polar surface area (TPSA) is 71.7 Å². The minimum absolute atomic E-state index is 0.108. The Balaban J connectivity index is 1.61. The number of rotatable bonds is 4. The first-order chi connectivity index (χ1) is 10.6. The number of aryl methyl sites for hydroxylation is 1. The molecule has 1 amide bonds. The Morgan fingerprint density at radius 2 is 2.14 bits per heavy atom. The highest BCUT2D eigenvalue weighted by Crippen LogP contribution is 2.23. The Labute approximate surface area is 129 Å². The van der Waals surface area contributed by atoms with Gasteiger partial charge in [-0.1, -0.05) is 12.1 Å². The number of benzene rings is 1. The molecule has 0 saturated carbocycles. The zero-order chi connectivity index (χ0) is 15.6. The third-order valence-corrected chi connectivity index (χ3v) is 4.20. The third-order valence-electron chi connectivity index (χ3n) is 4.20. The van der Waals surface area contributed by atoms with Crippen LogP contribution in [0.2, 0.25) is 0 Å². The second-order valence-electron chi connectivity index (χ2n) is 6.05. The first-order valence-corrected chi connectivity index (χ1v) is 7.59. The van der Waals surface area contributed by atoms with Gasteiger partial charge in [-0.3, -0.25) is 4.79 Å². The summed E-state index contributed by atoms with van der Waals surface area (Å²) >= 11 is 0. The molecule has 0 spiro atoms. The van der Waals surface area contributed by atoms with Gasteiger partial charge in [0.15, 0.2) is 0 Å². The van der Waals surface area contributed by atoms with Gasteiger partial charge >= 0.3 is 0 Å². The summed E-state index contributed by atoms with van der Waals surface area (Å²) in [5.74, 6) is -0.108. The first-order valence-electron chi connectivity index (χ1n) is 7.59. The van der Waals surface area contributed by atoms with E-state index in [1.54, 1.807) is 6.26 Å². The van der Waals surface area contributed by atoms with E-state index in [9.17, 15) is 9.90 Å². The van der Waals surface area contributed by atoms with E-state index < -0.39 is 5.60 Å². The lowest BCUT2D eigenvalue weighted by Gasteiger charge is -2.32. The summed E-state index contributed by atoms with van der Waals surface area (Å²) in [7, 11) is 0. The molecule has 0 aliphatic carbocycles. The third kappa shape index (κ3) is 3.31. The van der Waals surface area contributed by atoms with Gasteiger partial charge in [0.25, 0.3) is 0 Å². The number of amides is 1. The normalized spacial score (nSPS) is 17.5. The molecule has 1 saturated heterocycles. The standard InChI is InChI=1S/C17H21NO4/c1-12-2-3-14-13(10-22-15(14)8-12)9-16(19)18-11-17(20)4-6-21-7-5-17/h2-3,8,10,20H,4-7,9,11H2,1H3,(H,18,19). The fourth-order valence-electron chi connectivity index (χ4n) is 2.75. The number of ether oxygens (including phenoxy) is 1. The predicted octanol–water partition coefficient (Wildman–Crippen LogP) is 1.94. The van der Waals surface area contributed by atoms with Crippen LogP contribution < -0.4 is 5.32 Å². The van der Waals surface area contributed by atoms with Gasteiger partial charge in [-0.25, -0.2) is 0 Å². The minimum atomic E-state index is -0.844. The van der Waals surface area contributed by atoms with Crippen LogP contribution in [0.3, 0.4) is 0 Å². The number of furan rings is 1. The quantitative estimate of drug-likeness (QED) is 0.905. The van der Waals surface area contributed by atoms with Crippen molar-refractivity contribution in [1.82, 2.24) is 5.32 Å². The van der Waals surface area contributed by atoms with E-state index >= 15 is 0 Å². The second-order valence-corrected chi connectivity index (χ2v) is 6.05. The Morgan fingerprint density at radius 1 is 1.36 bits per heavy atom. The molecule has 3 rings (SSSR count). The molecule has 2 aromatic rings. The van der Waals surface area contributed by atoms with Crippen molar-refractivity contribution in [3.05, 3.63) is 35.6 Å². The van der Waals surface area contributed by atoms with Crippen molar-refractivity contribution in [3.63, 3.8) is 0 Å². The van der Waals surface area contributed by atoms with E-state index in [4.69, 9.17) is 9.15 Å². The van der Waals surface area contributed by atoms with Gasteiger partial charge in [-0.15, -0.1) is 0 Å². The van der Waals surface area contributed by atoms with Crippen molar-refractivity contribution in [2.75, 3.05) is 19.8 Å². The molecule has 2 heterocycles. The molecular weight excluding hydrogens is 282 g/mol. The second kappa shape index (κ2) is 6.10. The van der Waals surface area contributed by atoms with Crippen molar-refractivity contribution in [1.29, 1.82) is 0 Å². The number of carbonyl (C=O) groups excluding carboxylic acids is 1. The van der Waals surface area contributed by atoms with Crippen molar-refractivity contribution in [2.45, 2.75) is 31.8 Å². The predicted molar refractivity (Wildman–Crippen MR) is 82.7 cm³/mol. The summed E-state index contributed by atoms with van der Waals surface area (Å²) in [5, 5.41) is 14.1. The van der Waals surface area contributed by atoms with Crippen molar-refractivity contribution < 1.29 is 19.1 Å². The van der Waals surface area contributed by atoms with E-state index in [0.29, 0.717) is 26.1 Å². The molecular formula is C17H21NO4. The van der Waals surface area contributed by atoms with Crippen molar-refractivity contribution >= 4 is 16.9 Å². The van der Waals surface area contributed by atoms with Crippen LogP contribution in [0.1, 0.15) is 24.0 Å². The summed E-state index contributed by atoms with van der Waals surface area (Å²) in [6.07, 6.45) is 3.00. The van der Waals surface area contributed by atoms with Gasteiger partial charge < -0.3 is 19.6 Å². The monoisotopic (exact) mass is 303 g/mol. The highest BCUT2D eigenvalue weighted by Gasteiger charge is 2.30. The molecule has 0 unspecified atom stereocenters. The summed E-state index contributed by atoms with van der Waals surface area (Å²) < 4.78 is 10.7. The highest BCUT2D eigenvalue weighted by atomic mass is 16.5. The Hall–Kier alpha value is -1.85. The molecule has 1 aromatic heterocycles. The summed E-state index contributed by atoms with van der Waals surface area (Å²) in [6.45, 7) is 3.35. The number of carbonyl (C=O) groups is 1. The van der Waals surface area contributed by atoms with Crippen molar-refractivity contribution in [2.24, 2.45) is 0 Å². The van der Waals surface area contributed by atoms with E-state index in [-0.39, 0.29) is 18.9 Å². The number of hydrogen-bond acceptors (Lipinski definition) is 4. The lowest BCUT2D eigenvalue weighted by Crippen LogP contribution is -2.46. The molecule has 1 fully saturated rings. The molecule has 1 aliphatic rings. The summed E-state index contributed by atoms with van der Waals surface area (Å²) in [6, 6.07) is 5.94. The summed E-state index contributed by atoms with van der Waals surface area (Å²) in [5.41, 5.74) is 1.95. The molecule has 5 nitrogen and oxygen atoms in total. The van der Waals surface area contributed by atoms with Crippen LogP contribution in [-0.2, 0) is 16.0 Å². The number of aliphatic hydroxyl groups is 1. The highest BCUT2D eigenvalue weighted by molar-refractivity contribution is 5.87. The van der Waals surface area contributed by atoms with Crippen LogP contribution in [0.25, 0.3) is 11.0 Å². The molecule has 0 atom stereocenters. The smallest absolute Gasteiger partial charge is 0.224 e. The maximum absolute atomic E-state index is 12.1. The van der Waals surface area contributed by atoms with E-state index in [1.807, 2.05) is 25.1 Å². The molecule has 1 aliphatic heterocycles. The maximum atomic E-state index is 12.1. The fraction of sp³-hybridized carbons (Fsp3) is 0.471. The Bertz CT molecular complexity index is 670. The van der Waals surface area contributed by atoms with Gasteiger partial charge in [0.1, 0.15) is 5.58 Å². The molecule has 0 bridgehead atoms. The van der Waals surface area contributed by atoms with Crippen LogP contribution in [0, 0.1) is 6.92 Å². The largest absolute Gasteiger partial charge is 0.464 e. The lowest BCUT2D eigenvalue weighted by molar-refractivity contribution is -0.123. The molecule has 1 aromatic carbocycles. The molecule has 5 heteroatoms. The van der Waals surface area contributed by atoms with Crippen LogP contribution >= 0.6 is 0 Å². The van der Waals surface area contributed by atoms with E-state index in [0.717, 1.165) is 22.1 Å². The van der Waals surface area contributed by atoms with E-state index in [1.165, 1.54) is 0 Å². The van der Waals surface area contributed by atoms with Gasteiger partial charge in [0.2, 0.25) is 5.91 Å².